The highest BCUT2D eigenvalue weighted by atomic mass is 35.5. The highest BCUT2D eigenvalue weighted by molar-refractivity contribution is 6.31. The van der Waals surface area contributed by atoms with E-state index in [1.54, 1.807) is 19.1 Å². The average Bonchev–Trinajstić information content (AvgIpc) is 3.37. The van der Waals surface area contributed by atoms with Gasteiger partial charge in [-0.05, 0) is 37.3 Å². The zero-order valence-electron chi connectivity index (χ0n) is 16.8. The summed E-state index contributed by atoms with van der Waals surface area (Å²) in [6.07, 6.45) is -3.10. The third-order valence-corrected chi connectivity index (χ3v) is 4.62. The van der Waals surface area contributed by atoms with E-state index < -0.39 is 35.1 Å². The minimum Gasteiger partial charge on any atom is -0.467 e. The van der Waals surface area contributed by atoms with Gasteiger partial charge in [0.25, 0.3) is 0 Å². The van der Waals surface area contributed by atoms with Crippen LogP contribution in [0.25, 0.3) is 0 Å². The molecule has 0 spiro atoms. The Morgan fingerprint density at radius 3 is 2.66 bits per heavy atom. The Balaban J connectivity index is 1.68. The van der Waals surface area contributed by atoms with Crippen LogP contribution in [0, 0.1) is 6.92 Å². The second kappa shape index (κ2) is 9.86. The molecule has 1 aromatic carbocycles. The summed E-state index contributed by atoms with van der Waals surface area (Å²) >= 11 is 5.60. The van der Waals surface area contributed by atoms with Crippen LogP contribution >= 0.6 is 11.6 Å². The lowest BCUT2D eigenvalue weighted by molar-refractivity contribution is -0.137. The largest absolute Gasteiger partial charge is 0.467 e. The van der Waals surface area contributed by atoms with Gasteiger partial charge in [-0.25, -0.2) is 0 Å². The maximum absolute atomic E-state index is 13.0. The monoisotopic (exact) mass is 470 g/mol. The Hall–Kier alpha value is -3.34. The van der Waals surface area contributed by atoms with Crippen molar-refractivity contribution >= 4 is 29.1 Å². The van der Waals surface area contributed by atoms with Crippen LogP contribution in [0.1, 0.15) is 29.5 Å². The number of amides is 2. The van der Waals surface area contributed by atoms with Crippen molar-refractivity contribution in [1.29, 1.82) is 0 Å². The van der Waals surface area contributed by atoms with Gasteiger partial charge in [0.15, 0.2) is 5.82 Å². The molecule has 0 aliphatic heterocycles. The number of anilines is 1. The SMILES string of the molecule is Cc1noc(CCC(=O)N(CC(=O)Nc2ccc(Cl)c(C(F)(F)F)c2)Cc2ccco2)n1. The van der Waals surface area contributed by atoms with E-state index in [-0.39, 0.29) is 31.0 Å². The molecule has 32 heavy (non-hydrogen) atoms. The number of carbonyl (C=O) groups is 2. The first-order valence-corrected chi connectivity index (χ1v) is 9.75. The van der Waals surface area contributed by atoms with Crippen LogP contribution < -0.4 is 5.32 Å². The fourth-order valence-electron chi connectivity index (χ4n) is 2.83. The van der Waals surface area contributed by atoms with Gasteiger partial charge in [-0.1, -0.05) is 16.8 Å². The van der Waals surface area contributed by atoms with E-state index in [0.29, 0.717) is 11.6 Å². The van der Waals surface area contributed by atoms with Crippen LogP contribution in [0.3, 0.4) is 0 Å². The van der Waals surface area contributed by atoms with Crippen molar-refractivity contribution in [2.45, 2.75) is 32.5 Å². The minimum atomic E-state index is -4.67. The topological polar surface area (TPSA) is 101 Å². The summed E-state index contributed by atoms with van der Waals surface area (Å²) in [6, 6.07) is 6.28. The predicted molar refractivity (Wildman–Crippen MR) is 107 cm³/mol. The van der Waals surface area contributed by atoms with Gasteiger partial charge >= 0.3 is 6.18 Å². The number of hydrogen-bond acceptors (Lipinski definition) is 6. The molecule has 0 aliphatic rings. The van der Waals surface area contributed by atoms with Crippen molar-refractivity contribution in [1.82, 2.24) is 15.0 Å². The summed E-state index contributed by atoms with van der Waals surface area (Å²) in [6.45, 7) is 1.23. The fraction of sp³-hybridized carbons (Fsp3) is 0.300. The van der Waals surface area contributed by atoms with Gasteiger partial charge in [0.05, 0.1) is 23.4 Å². The number of alkyl halides is 3. The molecule has 0 fully saturated rings. The standard InChI is InChI=1S/C20H18ClF3N4O4/c1-12-25-18(32-27-12)6-7-19(30)28(10-14-3-2-8-31-14)11-17(29)26-13-4-5-16(21)15(9-13)20(22,23)24/h2-5,8-9H,6-7,10-11H2,1H3,(H,26,29). The first kappa shape index (κ1) is 23.3. The van der Waals surface area contributed by atoms with E-state index in [1.165, 1.54) is 17.2 Å². The highest BCUT2D eigenvalue weighted by Gasteiger charge is 2.33. The second-order valence-electron chi connectivity index (χ2n) is 6.81. The van der Waals surface area contributed by atoms with Gasteiger partial charge in [0.1, 0.15) is 12.3 Å². The van der Waals surface area contributed by atoms with Crippen molar-refractivity contribution in [3.05, 3.63) is 64.7 Å². The van der Waals surface area contributed by atoms with Gasteiger partial charge < -0.3 is 19.2 Å². The molecule has 8 nitrogen and oxygen atoms in total. The maximum atomic E-state index is 13.0. The molecule has 0 unspecified atom stereocenters. The number of aromatic nitrogens is 2. The zero-order valence-corrected chi connectivity index (χ0v) is 17.5. The molecule has 0 saturated carbocycles. The van der Waals surface area contributed by atoms with Gasteiger partial charge in [-0.3, -0.25) is 9.59 Å². The lowest BCUT2D eigenvalue weighted by Crippen LogP contribution is -2.37. The lowest BCUT2D eigenvalue weighted by Gasteiger charge is -2.21. The summed E-state index contributed by atoms with van der Waals surface area (Å²) in [5.74, 6) is 0.0543. The lowest BCUT2D eigenvalue weighted by atomic mass is 10.2. The molecule has 1 N–H and O–H groups in total. The highest BCUT2D eigenvalue weighted by Crippen LogP contribution is 2.36. The van der Waals surface area contributed by atoms with Crippen LogP contribution in [-0.4, -0.2) is 33.4 Å². The number of hydrogen-bond donors (Lipinski definition) is 1. The first-order chi connectivity index (χ1) is 15.1. The van der Waals surface area contributed by atoms with E-state index in [1.807, 2.05) is 0 Å². The van der Waals surface area contributed by atoms with Crippen molar-refractivity contribution in [3.8, 4) is 0 Å². The quantitative estimate of drug-likeness (QED) is 0.528. The minimum absolute atomic E-state index is 0.00344. The molecule has 170 valence electrons. The molecule has 0 saturated heterocycles. The Morgan fingerprint density at radius 2 is 2.03 bits per heavy atom. The normalized spacial score (nSPS) is 11.4. The number of benzene rings is 1. The number of nitrogens with zero attached hydrogens (tertiary/aromatic N) is 3. The number of nitrogens with one attached hydrogen (secondary N) is 1. The Bertz CT molecular complexity index is 1080. The number of aryl methyl sites for hydroxylation is 2. The molecule has 0 radical (unpaired) electrons. The molecule has 0 aliphatic carbocycles. The number of furan rings is 1. The average molecular weight is 471 g/mol. The number of halogens is 4. The fourth-order valence-corrected chi connectivity index (χ4v) is 3.06. The van der Waals surface area contributed by atoms with Crippen molar-refractivity contribution in [2.24, 2.45) is 0 Å². The molecule has 12 heteroatoms. The summed E-state index contributed by atoms with van der Waals surface area (Å²) in [5, 5.41) is 5.52. The predicted octanol–water partition coefficient (Wildman–Crippen LogP) is 4.24. The molecule has 2 amide bonds. The van der Waals surface area contributed by atoms with Crippen molar-refractivity contribution < 1.29 is 31.7 Å². The summed E-state index contributed by atoms with van der Waals surface area (Å²) < 4.78 is 49.3. The van der Waals surface area contributed by atoms with Crippen LogP contribution in [0.15, 0.2) is 45.5 Å². The summed E-state index contributed by atoms with van der Waals surface area (Å²) in [5.41, 5.74) is -1.17. The van der Waals surface area contributed by atoms with Crippen LogP contribution in [0.2, 0.25) is 5.02 Å². The van der Waals surface area contributed by atoms with Gasteiger partial charge in [-0.15, -0.1) is 0 Å². The van der Waals surface area contributed by atoms with E-state index in [4.69, 9.17) is 20.5 Å². The molecular weight excluding hydrogens is 453 g/mol. The Labute approximate surface area is 185 Å². The Morgan fingerprint density at radius 1 is 1.25 bits per heavy atom. The summed E-state index contributed by atoms with van der Waals surface area (Å²) in [7, 11) is 0. The van der Waals surface area contributed by atoms with Gasteiger partial charge in [0.2, 0.25) is 17.7 Å². The first-order valence-electron chi connectivity index (χ1n) is 9.38. The van der Waals surface area contributed by atoms with Gasteiger partial charge in [-0.2, -0.15) is 18.2 Å². The molecule has 0 atom stereocenters. The van der Waals surface area contributed by atoms with E-state index >= 15 is 0 Å². The molecule has 0 bridgehead atoms. The summed E-state index contributed by atoms with van der Waals surface area (Å²) in [4.78, 5) is 30.4. The smallest absolute Gasteiger partial charge is 0.417 e. The Kier molecular flexibility index (Phi) is 7.18. The molecule has 3 rings (SSSR count). The van der Waals surface area contributed by atoms with Crippen LogP contribution in [-0.2, 0) is 28.7 Å². The van der Waals surface area contributed by atoms with Crippen LogP contribution in [0.4, 0.5) is 18.9 Å². The van der Waals surface area contributed by atoms with Crippen molar-refractivity contribution in [2.75, 3.05) is 11.9 Å². The van der Waals surface area contributed by atoms with Crippen LogP contribution in [0.5, 0.6) is 0 Å². The van der Waals surface area contributed by atoms with Crippen molar-refractivity contribution in [3.63, 3.8) is 0 Å². The zero-order chi connectivity index (χ0) is 23.3. The van der Waals surface area contributed by atoms with E-state index in [9.17, 15) is 22.8 Å². The third-order valence-electron chi connectivity index (χ3n) is 4.29. The molecule has 3 aromatic rings. The third kappa shape index (κ3) is 6.33. The maximum Gasteiger partial charge on any atom is 0.417 e. The van der Waals surface area contributed by atoms with E-state index in [0.717, 1.165) is 12.1 Å². The van der Waals surface area contributed by atoms with Gasteiger partial charge in [0, 0.05) is 18.5 Å². The molecular formula is C20H18ClF3N4O4. The molecule has 2 heterocycles. The van der Waals surface area contributed by atoms with E-state index in [2.05, 4.69) is 15.5 Å². The number of carbonyl (C=O) groups excluding carboxylic acids is 2. The number of rotatable bonds is 8. The molecule has 2 aromatic heterocycles. The second-order valence-corrected chi connectivity index (χ2v) is 7.21.